The normalized spacial score (nSPS) is 16.3. The highest BCUT2D eigenvalue weighted by atomic mass is 79.9. The van der Waals surface area contributed by atoms with Gasteiger partial charge in [-0.2, -0.15) is 0 Å². The summed E-state index contributed by atoms with van der Waals surface area (Å²) in [7, 11) is 0. The van der Waals surface area contributed by atoms with Gasteiger partial charge in [0.05, 0.1) is 0 Å². The van der Waals surface area contributed by atoms with Crippen LogP contribution in [0.1, 0.15) is 32.1 Å². The third-order valence-electron chi connectivity index (χ3n) is 3.06. The zero-order chi connectivity index (χ0) is 13.0. The number of anilines is 1. The van der Waals surface area contributed by atoms with Gasteiger partial charge in [-0.1, -0.05) is 19.3 Å². The summed E-state index contributed by atoms with van der Waals surface area (Å²) in [5, 5.41) is 5.47. The largest absolute Gasteiger partial charge is 0.335 e. The number of nitrogens with one attached hydrogen (secondary N) is 3. The van der Waals surface area contributed by atoms with Crippen molar-refractivity contribution in [1.29, 1.82) is 0 Å². The lowest BCUT2D eigenvalue weighted by atomic mass is 9.96. The van der Waals surface area contributed by atoms with Crippen LogP contribution in [0.15, 0.2) is 21.5 Å². The highest BCUT2D eigenvalue weighted by molar-refractivity contribution is 9.10. The maximum atomic E-state index is 11.8. The minimum atomic E-state index is -0.314. The van der Waals surface area contributed by atoms with E-state index in [0.717, 1.165) is 30.2 Å². The molecule has 0 bridgehead atoms. The van der Waals surface area contributed by atoms with Crippen LogP contribution in [-0.2, 0) is 0 Å². The molecule has 1 aliphatic rings. The lowest BCUT2D eigenvalue weighted by Crippen LogP contribution is -2.39. The monoisotopic (exact) mass is 313 g/mol. The number of amides is 2. The summed E-state index contributed by atoms with van der Waals surface area (Å²) in [5.41, 5.74) is -0.0605. The predicted octanol–water partition coefficient (Wildman–Crippen LogP) is 2.59. The first-order valence-corrected chi connectivity index (χ1v) is 6.90. The molecule has 0 saturated heterocycles. The Bertz CT molecular complexity index is 480. The van der Waals surface area contributed by atoms with Crippen molar-refractivity contribution < 1.29 is 4.79 Å². The second kappa shape index (κ2) is 6.04. The van der Waals surface area contributed by atoms with E-state index in [1.165, 1.54) is 12.6 Å². The number of carbonyl (C=O) groups is 1. The molecule has 1 saturated carbocycles. The molecule has 1 heterocycles. The van der Waals surface area contributed by atoms with Crippen molar-refractivity contribution in [2.45, 2.75) is 38.1 Å². The zero-order valence-electron chi connectivity index (χ0n) is 9.96. The molecule has 6 heteroatoms. The molecule has 0 radical (unpaired) electrons. The Kier molecular flexibility index (Phi) is 4.41. The number of hydrogen-bond acceptors (Lipinski definition) is 2. The quantitative estimate of drug-likeness (QED) is 0.785. The minimum Gasteiger partial charge on any atom is -0.335 e. The number of aromatic amines is 1. The third-order valence-corrected chi connectivity index (χ3v) is 3.51. The van der Waals surface area contributed by atoms with E-state index >= 15 is 0 Å². The topological polar surface area (TPSA) is 74.0 Å². The van der Waals surface area contributed by atoms with Crippen molar-refractivity contribution >= 4 is 27.6 Å². The Labute approximate surface area is 113 Å². The first-order chi connectivity index (χ1) is 8.65. The second-order valence-electron chi connectivity index (χ2n) is 4.49. The lowest BCUT2D eigenvalue weighted by Gasteiger charge is -2.22. The Balaban J connectivity index is 1.94. The Morgan fingerprint density at radius 3 is 2.78 bits per heavy atom. The van der Waals surface area contributed by atoms with Crippen molar-refractivity contribution in [3.63, 3.8) is 0 Å². The van der Waals surface area contributed by atoms with Crippen LogP contribution in [0.4, 0.5) is 10.5 Å². The van der Waals surface area contributed by atoms with Crippen molar-refractivity contribution in [2.24, 2.45) is 0 Å². The van der Waals surface area contributed by atoms with Gasteiger partial charge >= 0.3 is 6.03 Å². The number of urea groups is 1. The Morgan fingerprint density at radius 1 is 1.33 bits per heavy atom. The van der Waals surface area contributed by atoms with Crippen LogP contribution in [0, 0.1) is 0 Å². The van der Waals surface area contributed by atoms with E-state index in [2.05, 4.69) is 31.5 Å². The summed E-state index contributed by atoms with van der Waals surface area (Å²) < 4.78 is 0.718. The fourth-order valence-electron chi connectivity index (χ4n) is 2.14. The molecule has 0 aliphatic heterocycles. The summed E-state index contributed by atoms with van der Waals surface area (Å²) >= 11 is 3.24. The van der Waals surface area contributed by atoms with Crippen LogP contribution in [0.3, 0.4) is 0 Å². The molecule has 18 heavy (non-hydrogen) atoms. The number of carbonyl (C=O) groups excluding carboxylic acids is 1. The van der Waals surface area contributed by atoms with Gasteiger partial charge in [0, 0.05) is 16.7 Å². The number of halogens is 1. The van der Waals surface area contributed by atoms with Gasteiger partial charge in [0.15, 0.2) is 0 Å². The van der Waals surface area contributed by atoms with Gasteiger partial charge in [0.2, 0.25) is 0 Å². The first-order valence-electron chi connectivity index (χ1n) is 6.11. The molecule has 0 aromatic carbocycles. The highest BCUT2D eigenvalue weighted by Gasteiger charge is 2.16. The van der Waals surface area contributed by atoms with Crippen LogP contribution < -0.4 is 16.2 Å². The summed E-state index contributed by atoms with van der Waals surface area (Å²) in [5.74, 6) is 0. The van der Waals surface area contributed by atoms with Crippen molar-refractivity contribution in [3.8, 4) is 0 Å². The maximum absolute atomic E-state index is 11.8. The average molecular weight is 314 g/mol. The fourth-order valence-corrected chi connectivity index (χ4v) is 2.48. The van der Waals surface area contributed by atoms with Gasteiger partial charge in [0.25, 0.3) is 5.56 Å². The highest BCUT2D eigenvalue weighted by Crippen LogP contribution is 2.17. The van der Waals surface area contributed by atoms with E-state index in [4.69, 9.17) is 0 Å². The molecule has 3 N–H and O–H groups in total. The fraction of sp³-hybridized carbons (Fsp3) is 0.500. The standard InChI is InChI=1S/C12H16BrN3O2/c13-8-6-10(11(17)14-7-8)16-12(18)15-9-4-2-1-3-5-9/h6-7,9H,1-5H2,(H,14,17)(H2,15,16,18). The predicted molar refractivity (Wildman–Crippen MR) is 73.8 cm³/mol. The second-order valence-corrected chi connectivity index (χ2v) is 5.41. The van der Waals surface area contributed by atoms with Crippen molar-refractivity contribution in [3.05, 3.63) is 27.1 Å². The molecule has 0 spiro atoms. The molecular formula is C12H16BrN3O2. The molecule has 1 aromatic heterocycles. The SMILES string of the molecule is O=C(Nc1cc(Br)c[nH]c1=O)NC1CCCCC1. The molecule has 0 atom stereocenters. The lowest BCUT2D eigenvalue weighted by molar-refractivity contribution is 0.244. The molecule has 2 rings (SSSR count). The van der Waals surface area contributed by atoms with Gasteiger partial charge in [-0.05, 0) is 34.8 Å². The average Bonchev–Trinajstić information content (AvgIpc) is 2.35. The van der Waals surface area contributed by atoms with Crippen LogP contribution >= 0.6 is 15.9 Å². The number of pyridine rings is 1. The summed E-state index contributed by atoms with van der Waals surface area (Å²) in [4.78, 5) is 25.8. The number of rotatable bonds is 2. The number of aromatic nitrogens is 1. The molecular weight excluding hydrogens is 298 g/mol. The van der Waals surface area contributed by atoms with Gasteiger partial charge in [0.1, 0.15) is 5.69 Å². The smallest absolute Gasteiger partial charge is 0.319 e. The molecule has 2 amide bonds. The van der Waals surface area contributed by atoms with Crippen LogP contribution in [-0.4, -0.2) is 17.1 Å². The van der Waals surface area contributed by atoms with E-state index in [1.54, 1.807) is 6.07 Å². The molecule has 5 nitrogen and oxygen atoms in total. The van der Waals surface area contributed by atoms with E-state index in [1.807, 2.05) is 0 Å². The molecule has 0 unspecified atom stereocenters. The first kappa shape index (κ1) is 13.1. The number of H-pyrrole nitrogens is 1. The molecule has 98 valence electrons. The summed E-state index contributed by atoms with van der Waals surface area (Å²) in [6.07, 6.45) is 7.12. The van der Waals surface area contributed by atoms with Crippen LogP contribution in [0.25, 0.3) is 0 Å². The van der Waals surface area contributed by atoms with E-state index in [0.29, 0.717) is 0 Å². The van der Waals surface area contributed by atoms with Gasteiger partial charge in [-0.25, -0.2) is 4.79 Å². The van der Waals surface area contributed by atoms with E-state index in [9.17, 15) is 9.59 Å². The third kappa shape index (κ3) is 3.60. The molecule has 1 aromatic rings. The Hall–Kier alpha value is -1.30. The maximum Gasteiger partial charge on any atom is 0.319 e. The van der Waals surface area contributed by atoms with E-state index < -0.39 is 0 Å². The van der Waals surface area contributed by atoms with Gasteiger partial charge in [-0.3, -0.25) is 4.79 Å². The van der Waals surface area contributed by atoms with Crippen LogP contribution in [0.5, 0.6) is 0 Å². The van der Waals surface area contributed by atoms with Crippen LogP contribution in [0.2, 0.25) is 0 Å². The molecule has 1 fully saturated rings. The minimum absolute atomic E-state index is 0.227. The Morgan fingerprint density at radius 2 is 2.06 bits per heavy atom. The van der Waals surface area contributed by atoms with Crippen molar-refractivity contribution in [2.75, 3.05) is 5.32 Å². The summed E-state index contributed by atoms with van der Waals surface area (Å²) in [6, 6.07) is 1.50. The van der Waals surface area contributed by atoms with Crippen molar-refractivity contribution in [1.82, 2.24) is 10.3 Å². The molecule has 1 aliphatic carbocycles. The number of hydrogen-bond donors (Lipinski definition) is 3. The van der Waals surface area contributed by atoms with Gasteiger partial charge < -0.3 is 15.6 Å². The van der Waals surface area contributed by atoms with E-state index in [-0.39, 0.29) is 23.3 Å². The zero-order valence-corrected chi connectivity index (χ0v) is 11.5. The van der Waals surface area contributed by atoms with Gasteiger partial charge in [-0.15, -0.1) is 0 Å². The summed E-state index contributed by atoms with van der Waals surface area (Å²) in [6.45, 7) is 0.